The monoisotopic (exact) mass is 450 g/mol. The Balaban J connectivity index is 1.83. The number of piperidine rings is 1. The SMILES string of the molecule is CCOc1cc(CC(=O)N/C(=C\C(C)C)c2ccccc2N2CCCCC2)ccc1C(=O)O. The maximum atomic E-state index is 13.0. The van der Waals surface area contributed by atoms with Crippen molar-refractivity contribution in [3.63, 3.8) is 0 Å². The van der Waals surface area contributed by atoms with Crippen molar-refractivity contribution in [3.05, 3.63) is 65.2 Å². The van der Waals surface area contributed by atoms with Gasteiger partial charge in [0.1, 0.15) is 11.3 Å². The normalized spacial score (nSPS) is 14.3. The zero-order valence-electron chi connectivity index (χ0n) is 19.8. The second-order valence-corrected chi connectivity index (χ2v) is 8.68. The van der Waals surface area contributed by atoms with E-state index in [0.717, 1.165) is 30.0 Å². The first-order valence-electron chi connectivity index (χ1n) is 11.7. The van der Waals surface area contributed by atoms with Crippen molar-refractivity contribution < 1.29 is 19.4 Å². The lowest BCUT2D eigenvalue weighted by atomic mass is 10.0. The number of benzene rings is 2. The summed E-state index contributed by atoms with van der Waals surface area (Å²) >= 11 is 0. The van der Waals surface area contributed by atoms with Crippen LogP contribution in [-0.2, 0) is 11.2 Å². The Labute approximate surface area is 196 Å². The average Bonchev–Trinajstić information content (AvgIpc) is 2.79. The number of amides is 1. The first-order valence-corrected chi connectivity index (χ1v) is 11.7. The first-order chi connectivity index (χ1) is 15.9. The molecule has 1 aliphatic heterocycles. The lowest BCUT2D eigenvalue weighted by Crippen LogP contribution is -2.31. The fourth-order valence-electron chi connectivity index (χ4n) is 4.15. The summed E-state index contributed by atoms with van der Waals surface area (Å²) in [5.41, 5.74) is 3.78. The van der Waals surface area contributed by atoms with Crippen LogP contribution in [0.15, 0.2) is 48.5 Å². The van der Waals surface area contributed by atoms with E-state index in [4.69, 9.17) is 4.74 Å². The van der Waals surface area contributed by atoms with Gasteiger partial charge in [0, 0.05) is 30.0 Å². The van der Waals surface area contributed by atoms with Gasteiger partial charge in [-0.25, -0.2) is 4.79 Å². The van der Waals surface area contributed by atoms with Gasteiger partial charge in [0.25, 0.3) is 0 Å². The standard InChI is InChI=1S/C27H34N2O4/c1-4-33-25-17-20(12-13-22(25)27(31)32)18-26(30)28-23(16-19(2)3)21-10-6-7-11-24(21)29-14-8-5-9-15-29/h6-7,10-13,16-17,19H,4-5,8-9,14-15,18H2,1-3H3,(H,28,30)(H,31,32)/b23-16-. The minimum absolute atomic E-state index is 0.0943. The molecule has 0 radical (unpaired) electrons. The number of hydrogen-bond donors (Lipinski definition) is 2. The molecule has 0 spiro atoms. The molecular formula is C27H34N2O4. The summed E-state index contributed by atoms with van der Waals surface area (Å²) in [6.45, 7) is 8.38. The largest absolute Gasteiger partial charge is 0.493 e. The molecule has 2 aromatic rings. The number of para-hydroxylation sites is 1. The molecule has 2 aromatic carbocycles. The van der Waals surface area contributed by atoms with Crippen LogP contribution < -0.4 is 15.0 Å². The number of aromatic carboxylic acids is 1. The van der Waals surface area contributed by atoms with E-state index in [1.165, 1.54) is 25.3 Å². The van der Waals surface area contributed by atoms with E-state index in [2.05, 4.69) is 42.3 Å². The maximum absolute atomic E-state index is 13.0. The number of carboxylic acid groups (broad SMARTS) is 1. The van der Waals surface area contributed by atoms with E-state index in [1.54, 1.807) is 19.1 Å². The molecule has 0 atom stereocenters. The van der Waals surface area contributed by atoms with Gasteiger partial charge in [-0.2, -0.15) is 0 Å². The van der Waals surface area contributed by atoms with Crippen molar-refractivity contribution in [3.8, 4) is 5.75 Å². The maximum Gasteiger partial charge on any atom is 0.339 e. The molecule has 1 saturated heterocycles. The smallest absolute Gasteiger partial charge is 0.339 e. The number of anilines is 1. The van der Waals surface area contributed by atoms with Crippen LogP contribution in [0, 0.1) is 5.92 Å². The van der Waals surface area contributed by atoms with Crippen molar-refractivity contribution >= 4 is 23.3 Å². The van der Waals surface area contributed by atoms with Crippen LogP contribution in [-0.4, -0.2) is 36.7 Å². The fourth-order valence-corrected chi connectivity index (χ4v) is 4.15. The van der Waals surface area contributed by atoms with Crippen molar-refractivity contribution in [2.45, 2.75) is 46.5 Å². The number of rotatable bonds is 9. The van der Waals surface area contributed by atoms with Crippen LogP contribution in [0.5, 0.6) is 5.75 Å². The zero-order chi connectivity index (χ0) is 23.8. The van der Waals surface area contributed by atoms with Crippen LogP contribution in [0.4, 0.5) is 5.69 Å². The molecule has 2 N–H and O–H groups in total. The van der Waals surface area contributed by atoms with E-state index in [-0.39, 0.29) is 29.6 Å². The third-order valence-corrected chi connectivity index (χ3v) is 5.61. The summed E-state index contributed by atoms with van der Waals surface area (Å²) in [6.07, 6.45) is 5.83. The minimum atomic E-state index is -1.05. The summed E-state index contributed by atoms with van der Waals surface area (Å²) in [6, 6.07) is 13.0. The lowest BCUT2D eigenvalue weighted by Gasteiger charge is -2.31. The van der Waals surface area contributed by atoms with E-state index in [0.29, 0.717) is 12.2 Å². The van der Waals surface area contributed by atoms with Crippen LogP contribution in [0.25, 0.3) is 5.70 Å². The summed E-state index contributed by atoms with van der Waals surface area (Å²) < 4.78 is 5.48. The number of carboxylic acids is 1. The molecule has 176 valence electrons. The van der Waals surface area contributed by atoms with Crippen molar-refractivity contribution in [1.29, 1.82) is 0 Å². The van der Waals surface area contributed by atoms with Crippen LogP contribution in [0.3, 0.4) is 0 Å². The molecule has 0 saturated carbocycles. The number of hydrogen-bond acceptors (Lipinski definition) is 4. The van der Waals surface area contributed by atoms with E-state index < -0.39 is 5.97 Å². The number of carbonyl (C=O) groups is 2. The summed E-state index contributed by atoms with van der Waals surface area (Å²) in [5.74, 6) is -0.662. The lowest BCUT2D eigenvalue weighted by molar-refractivity contribution is -0.119. The molecule has 1 amide bonds. The molecule has 33 heavy (non-hydrogen) atoms. The second kappa shape index (κ2) is 11.5. The molecular weight excluding hydrogens is 416 g/mol. The van der Waals surface area contributed by atoms with Crippen molar-refractivity contribution in [2.75, 3.05) is 24.6 Å². The van der Waals surface area contributed by atoms with E-state index in [9.17, 15) is 14.7 Å². The van der Waals surface area contributed by atoms with Gasteiger partial charge >= 0.3 is 5.97 Å². The number of ether oxygens (including phenoxy) is 1. The van der Waals surface area contributed by atoms with Gasteiger partial charge in [-0.1, -0.05) is 44.2 Å². The summed E-state index contributed by atoms with van der Waals surface area (Å²) in [5, 5.41) is 12.5. The fraction of sp³-hybridized carbons (Fsp3) is 0.407. The van der Waals surface area contributed by atoms with Gasteiger partial charge in [-0.3, -0.25) is 4.79 Å². The molecule has 0 aromatic heterocycles. The summed E-state index contributed by atoms with van der Waals surface area (Å²) in [7, 11) is 0. The molecule has 1 fully saturated rings. The highest BCUT2D eigenvalue weighted by Crippen LogP contribution is 2.29. The number of allylic oxidation sites excluding steroid dienone is 1. The number of carbonyl (C=O) groups excluding carboxylic acids is 1. The molecule has 1 aliphatic rings. The molecule has 0 bridgehead atoms. The highest BCUT2D eigenvalue weighted by molar-refractivity contribution is 5.92. The first kappa shape index (κ1) is 24.4. The topological polar surface area (TPSA) is 78.9 Å². The molecule has 6 nitrogen and oxygen atoms in total. The third kappa shape index (κ3) is 6.60. The molecule has 6 heteroatoms. The van der Waals surface area contributed by atoms with Crippen LogP contribution in [0.1, 0.15) is 61.5 Å². The average molecular weight is 451 g/mol. The minimum Gasteiger partial charge on any atom is -0.493 e. The summed E-state index contributed by atoms with van der Waals surface area (Å²) in [4.78, 5) is 26.9. The third-order valence-electron chi connectivity index (χ3n) is 5.61. The van der Waals surface area contributed by atoms with Crippen molar-refractivity contribution in [1.82, 2.24) is 5.32 Å². The highest BCUT2D eigenvalue weighted by atomic mass is 16.5. The zero-order valence-corrected chi connectivity index (χ0v) is 19.8. The Morgan fingerprint density at radius 2 is 1.82 bits per heavy atom. The second-order valence-electron chi connectivity index (χ2n) is 8.68. The Bertz CT molecular complexity index is 1010. The van der Waals surface area contributed by atoms with Gasteiger partial charge in [-0.15, -0.1) is 0 Å². The van der Waals surface area contributed by atoms with Gasteiger partial charge in [0.05, 0.1) is 13.0 Å². The Morgan fingerprint density at radius 3 is 2.48 bits per heavy atom. The Morgan fingerprint density at radius 1 is 1.09 bits per heavy atom. The van der Waals surface area contributed by atoms with Gasteiger partial charge in [0.2, 0.25) is 5.91 Å². The van der Waals surface area contributed by atoms with E-state index in [1.807, 2.05) is 12.1 Å². The predicted molar refractivity (Wildman–Crippen MR) is 132 cm³/mol. The quantitative estimate of drug-likeness (QED) is 0.554. The van der Waals surface area contributed by atoms with Gasteiger partial charge in [0.15, 0.2) is 0 Å². The van der Waals surface area contributed by atoms with E-state index >= 15 is 0 Å². The molecule has 0 unspecified atom stereocenters. The number of nitrogens with zero attached hydrogens (tertiary/aromatic N) is 1. The van der Waals surface area contributed by atoms with Crippen molar-refractivity contribution in [2.24, 2.45) is 5.92 Å². The number of nitrogens with one attached hydrogen (secondary N) is 1. The van der Waals surface area contributed by atoms with Crippen LogP contribution >= 0.6 is 0 Å². The molecule has 3 rings (SSSR count). The van der Waals surface area contributed by atoms with Gasteiger partial charge in [-0.05, 0) is 55.9 Å². The Hall–Kier alpha value is -3.28. The molecule has 0 aliphatic carbocycles. The molecule has 1 heterocycles. The van der Waals surface area contributed by atoms with Gasteiger partial charge < -0.3 is 20.1 Å². The highest BCUT2D eigenvalue weighted by Gasteiger charge is 2.19. The van der Waals surface area contributed by atoms with Crippen LogP contribution in [0.2, 0.25) is 0 Å². The Kier molecular flexibility index (Phi) is 8.52. The predicted octanol–water partition coefficient (Wildman–Crippen LogP) is 5.13.